The molecule has 1 atom stereocenters. The van der Waals surface area contributed by atoms with Crippen molar-refractivity contribution in [3.05, 3.63) is 76.6 Å². The molecular formula is C20H20N2OS3. The molecule has 0 bridgehead atoms. The fraction of sp³-hybridized carbons (Fsp3) is 0.200. The van der Waals surface area contributed by atoms with Crippen LogP contribution in [-0.2, 0) is 6.54 Å². The number of hydrogen-bond donors (Lipinski definition) is 1. The van der Waals surface area contributed by atoms with Crippen LogP contribution in [0.5, 0.6) is 0 Å². The summed E-state index contributed by atoms with van der Waals surface area (Å²) in [6.45, 7) is 2.75. The van der Waals surface area contributed by atoms with Crippen LogP contribution in [0.3, 0.4) is 0 Å². The van der Waals surface area contributed by atoms with Crippen molar-refractivity contribution in [2.45, 2.75) is 28.6 Å². The maximum absolute atomic E-state index is 12.5. The minimum Gasteiger partial charge on any atom is -0.347 e. The van der Waals surface area contributed by atoms with Gasteiger partial charge in [0.05, 0.1) is 12.1 Å². The topological polar surface area (TPSA) is 42.0 Å². The van der Waals surface area contributed by atoms with E-state index < -0.39 is 0 Å². The van der Waals surface area contributed by atoms with Crippen LogP contribution in [0.2, 0.25) is 0 Å². The van der Waals surface area contributed by atoms with Crippen molar-refractivity contribution in [2.24, 2.45) is 0 Å². The van der Waals surface area contributed by atoms with Gasteiger partial charge in [-0.05, 0) is 35.7 Å². The number of carbonyl (C=O) groups excluding carboxylic acids is 1. The van der Waals surface area contributed by atoms with Gasteiger partial charge in [0.25, 0.3) is 5.91 Å². The van der Waals surface area contributed by atoms with E-state index in [1.807, 2.05) is 47.5 Å². The summed E-state index contributed by atoms with van der Waals surface area (Å²) in [7, 11) is 0. The highest BCUT2D eigenvalue weighted by Crippen LogP contribution is 2.28. The average molecular weight is 401 g/mol. The Morgan fingerprint density at radius 2 is 2.00 bits per heavy atom. The molecule has 3 nitrogen and oxygen atoms in total. The van der Waals surface area contributed by atoms with Crippen molar-refractivity contribution in [3.8, 4) is 0 Å². The first-order valence-corrected chi connectivity index (χ1v) is 11.1. The van der Waals surface area contributed by atoms with Gasteiger partial charge >= 0.3 is 0 Å². The third-order valence-electron chi connectivity index (χ3n) is 3.55. The zero-order chi connectivity index (χ0) is 18.2. The van der Waals surface area contributed by atoms with E-state index in [2.05, 4.69) is 41.5 Å². The number of nitrogens with zero attached hydrogens (tertiary/aromatic N) is 1. The fourth-order valence-corrected chi connectivity index (χ4v) is 5.06. The van der Waals surface area contributed by atoms with E-state index in [9.17, 15) is 4.79 Å². The molecule has 0 aliphatic rings. The van der Waals surface area contributed by atoms with Gasteiger partial charge in [0, 0.05) is 27.0 Å². The predicted molar refractivity (Wildman–Crippen MR) is 112 cm³/mol. The average Bonchev–Trinajstić information content (AvgIpc) is 3.19. The fourth-order valence-electron chi connectivity index (χ4n) is 2.32. The van der Waals surface area contributed by atoms with Gasteiger partial charge in [-0.1, -0.05) is 31.2 Å². The summed E-state index contributed by atoms with van der Waals surface area (Å²) >= 11 is 5.11. The van der Waals surface area contributed by atoms with Gasteiger partial charge < -0.3 is 5.32 Å². The van der Waals surface area contributed by atoms with Crippen molar-refractivity contribution in [1.82, 2.24) is 10.3 Å². The first kappa shape index (κ1) is 19.0. The smallest absolute Gasteiger partial charge is 0.254 e. The maximum atomic E-state index is 12.5. The number of aromatic nitrogens is 1. The molecule has 0 fully saturated rings. The van der Waals surface area contributed by atoms with Crippen LogP contribution in [0, 0.1) is 0 Å². The van der Waals surface area contributed by atoms with Crippen LogP contribution in [0.25, 0.3) is 0 Å². The highest BCUT2D eigenvalue weighted by Gasteiger charge is 2.14. The predicted octanol–water partition coefficient (Wildman–Crippen LogP) is 5.35. The molecule has 26 heavy (non-hydrogen) atoms. The molecule has 1 aromatic carbocycles. The van der Waals surface area contributed by atoms with Gasteiger partial charge in [-0.2, -0.15) is 0 Å². The summed E-state index contributed by atoms with van der Waals surface area (Å²) < 4.78 is 0. The number of rotatable bonds is 8. The van der Waals surface area contributed by atoms with E-state index in [-0.39, 0.29) is 5.91 Å². The molecule has 0 spiro atoms. The van der Waals surface area contributed by atoms with E-state index in [0.717, 1.165) is 15.7 Å². The van der Waals surface area contributed by atoms with Gasteiger partial charge in [-0.25, -0.2) is 4.98 Å². The highest BCUT2D eigenvalue weighted by atomic mass is 32.2. The Labute approximate surface area is 166 Å². The van der Waals surface area contributed by atoms with Crippen molar-refractivity contribution >= 4 is 40.8 Å². The Morgan fingerprint density at radius 1 is 1.15 bits per heavy atom. The Kier molecular flexibility index (Phi) is 7.17. The lowest BCUT2D eigenvalue weighted by atomic mass is 10.2. The number of nitrogens with one attached hydrogen (secondary N) is 1. The normalized spacial score (nSPS) is 11.9. The molecule has 134 valence electrons. The van der Waals surface area contributed by atoms with E-state index in [4.69, 9.17) is 0 Å². The molecule has 0 saturated heterocycles. The van der Waals surface area contributed by atoms with Crippen LogP contribution >= 0.6 is 34.9 Å². The molecule has 6 heteroatoms. The summed E-state index contributed by atoms with van der Waals surface area (Å²) in [5.41, 5.74) is 0.644. The van der Waals surface area contributed by atoms with E-state index >= 15 is 0 Å². The van der Waals surface area contributed by atoms with Crippen molar-refractivity contribution in [2.75, 3.05) is 5.75 Å². The first-order chi connectivity index (χ1) is 12.7. The number of thioether (sulfide) groups is 2. The molecule has 0 aliphatic heterocycles. The number of benzene rings is 1. The monoisotopic (exact) mass is 400 g/mol. The largest absolute Gasteiger partial charge is 0.347 e. The Balaban J connectivity index is 1.57. The second-order valence-corrected chi connectivity index (χ2v) is 9.22. The quantitative estimate of drug-likeness (QED) is 0.518. The lowest BCUT2D eigenvalue weighted by Gasteiger charge is -2.12. The van der Waals surface area contributed by atoms with Gasteiger partial charge in [-0.15, -0.1) is 34.9 Å². The second-order valence-electron chi connectivity index (χ2n) is 5.67. The molecular weight excluding hydrogens is 380 g/mol. The van der Waals surface area contributed by atoms with Crippen LogP contribution in [0.4, 0.5) is 0 Å². The third kappa shape index (κ3) is 5.62. The molecule has 1 N–H and O–H groups in total. The molecule has 0 saturated carbocycles. The molecule has 0 radical (unpaired) electrons. The van der Waals surface area contributed by atoms with Gasteiger partial charge in [0.2, 0.25) is 0 Å². The zero-order valence-electron chi connectivity index (χ0n) is 14.4. The van der Waals surface area contributed by atoms with Crippen molar-refractivity contribution < 1.29 is 4.79 Å². The molecule has 3 rings (SSSR count). The maximum Gasteiger partial charge on any atom is 0.254 e. The van der Waals surface area contributed by atoms with Crippen molar-refractivity contribution in [3.63, 3.8) is 0 Å². The lowest BCUT2D eigenvalue weighted by Crippen LogP contribution is -2.23. The molecule has 1 amide bonds. The first-order valence-electron chi connectivity index (χ1n) is 8.32. The summed E-state index contributed by atoms with van der Waals surface area (Å²) in [4.78, 5) is 19.4. The second kappa shape index (κ2) is 9.80. The standard InChI is InChI=1S/C20H20N2OS3/c1-15(26-16-7-3-2-4-8-16)14-25-20-18(10-5-11-21-20)19(23)22-13-17-9-6-12-24-17/h2-12,15H,13-14H2,1H3,(H,22,23). The Hall–Kier alpha value is -1.76. The lowest BCUT2D eigenvalue weighted by molar-refractivity contribution is 0.0947. The van der Waals surface area contributed by atoms with Crippen molar-refractivity contribution in [1.29, 1.82) is 0 Å². The summed E-state index contributed by atoms with van der Waals surface area (Å²) in [6, 6.07) is 18.0. The number of carbonyl (C=O) groups is 1. The number of thiophene rings is 1. The molecule has 0 aliphatic carbocycles. The molecule has 2 aromatic heterocycles. The highest BCUT2D eigenvalue weighted by molar-refractivity contribution is 8.03. The van der Waals surface area contributed by atoms with Crippen LogP contribution < -0.4 is 5.32 Å². The minimum absolute atomic E-state index is 0.0719. The summed E-state index contributed by atoms with van der Waals surface area (Å²) in [6.07, 6.45) is 1.74. The summed E-state index contributed by atoms with van der Waals surface area (Å²) in [5, 5.41) is 6.21. The van der Waals surface area contributed by atoms with Gasteiger partial charge in [0.1, 0.15) is 5.03 Å². The molecule has 2 heterocycles. The molecule has 3 aromatic rings. The molecule has 1 unspecified atom stereocenters. The SMILES string of the molecule is CC(CSc1ncccc1C(=O)NCc1cccs1)Sc1ccccc1. The van der Waals surface area contributed by atoms with E-state index in [0.29, 0.717) is 17.4 Å². The third-order valence-corrected chi connectivity index (χ3v) is 7.02. The van der Waals surface area contributed by atoms with Gasteiger partial charge in [0.15, 0.2) is 0 Å². The van der Waals surface area contributed by atoms with Crippen LogP contribution in [0.15, 0.2) is 76.1 Å². The number of amides is 1. The van der Waals surface area contributed by atoms with Crippen LogP contribution in [0.1, 0.15) is 22.2 Å². The zero-order valence-corrected chi connectivity index (χ0v) is 16.9. The Morgan fingerprint density at radius 3 is 2.77 bits per heavy atom. The van der Waals surface area contributed by atoms with Gasteiger partial charge in [-0.3, -0.25) is 4.79 Å². The minimum atomic E-state index is -0.0719. The number of hydrogen-bond acceptors (Lipinski definition) is 5. The summed E-state index contributed by atoms with van der Waals surface area (Å²) in [5.74, 6) is 0.819. The Bertz CT molecular complexity index is 822. The number of pyridine rings is 1. The van der Waals surface area contributed by atoms with E-state index in [1.54, 1.807) is 29.3 Å². The van der Waals surface area contributed by atoms with E-state index in [1.165, 1.54) is 4.90 Å². The van der Waals surface area contributed by atoms with Crippen LogP contribution in [-0.4, -0.2) is 21.9 Å².